The average molecular weight is 253 g/mol. The van der Waals surface area contributed by atoms with Crippen molar-refractivity contribution < 1.29 is 14.6 Å². The molecule has 0 aromatic heterocycles. The zero-order chi connectivity index (χ0) is 13.7. The first-order valence-electron chi connectivity index (χ1n) is 4.43. The second-order valence-corrected chi connectivity index (χ2v) is 3.00. The Hall–Kier alpha value is -3.04. The van der Waals surface area contributed by atoms with Gasteiger partial charge in [0.1, 0.15) is 0 Å². The van der Waals surface area contributed by atoms with E-state index in [0.717, 1.165) is 18.3 Å². The molecule has 0 aliphatic carbocycles. The van der Waals surface area contributed by atoms with Gasteiger partial charge < -0.3 is 5.73 Å². The summed E-state index contributed by atoms with van der Waals surface area (Å²) in [7, 11) is 0. The Bertz CT molecular complexity index is 541. The van der Waals surface area contributed by atoms with Crippen LogP contribution in [0.15, 0.2) is 23.3 Å². The van der Waals surface area contributed by atoms with Crippen molar-refractivity contribution in [1.82, 2.24) is 5.43 Å². The number of nitrogens with one attached hydrogen (secondary N) is 1. The molecule has 0 atom stereocenters. The molecule has 0 radical (unpaired) electrons. The summed E-state index contributed by atoms with van der Waals surface area (Å²) in [5.41, 5.74) is 5.54. The van der Waals surface area contributed by atoms with Crippen LogP contribution in [0.1, 0.15) is 5.56 Å². The highest BCUT2D eigenvalue weighted by Gasteiger charge is 2.23. The zero-order valence-electron chi connectivity index (χ0n) is 8.77. The van der Waals surface area contributed by atoms with Crippen molar-refractivity contribution in [3.05, 3.63) is 44.0 Å². The van der Waals surface area contributed by atoms with E-state index in [1.165, 1.54) is 6.07 Å². The molecule has 1 aromatic rings. The van der Waals surface area contributed by atoms with Crippen LogP contribution in [-0.4, -0.2) is 22.1 Å². The number of hydrazone groups is 1. The maximum Gasteiger partial charge on any atom is 0.346 e. The van der Waals surface area contributed by atoms with Crippen molar-refractivity contribution in [3.63, 3.8) is 0 Å². The largest absolute Gasteiger partial charge is 0.350 e. The Morgan fingerprint density at radius 2 is 1.89 bits per heavy atom. The predicted molar refractivity (Wildman–Crippen MR) is 60.1 cm³/mol. The summed E-state index contributed by atoms with van der Waals surface area (Å²) < 4.78 is 0. The molecule has 0 aliphatic rings. The van der Waals surface area contributed by atoms with E-state index in [-0.39, 0.29) is 5.56 Å². The fourth-order valence-corrected chi connectivity index (χ4v) is 1.09. The monoisotopic (exact) mass is 253 g/mol. The number of carbonyl (C=O) groups excluding carboxylic acids is 1. The van der Waals surface area contributed by atoms with E-state index < -0.39 is 27.3 Å². The lowest BCUT2D eigenvalue weighted by atomic mass is 10.2. The van der Waals surface area contributed by atoms with Crippen LogP contribution in [0.4, 0.5) is 16.2 Å². The van der Waals surface area contributed by atoms with Crippen molar-refractivity contribution in [3.8, 4) is 0 Å². The van der Waals surface area contributed by atoms with Gasteiger partial charge in [-0.1, -0.05) is 0 Å². The van der Waals surface area contributed by atoms with Gasteiger partial charge in [-0.15, -0.1) is 0 Å². The lowest BCUT2D eigenvalue weighted by molar-refractivity contribution is -0.422. The number of hydrogen-bond donors (Lipinski definition) is 2. The van der Waals surface area contributed by atoms with Crippen LogP contribution in [0.2, 0.25) is 0 Å². The summed E-state index contributed by atoms with van der Waals surface area (Å²) in [5.74, 6) is 0. The maximum atomic E-state index is 10.6. The Morgan fingerprint density at radius 3 is 2.39 bits per heavy atom. The van der Waals surface area contributed by atoms with E-state index in [1.54, 1.807) is 0 Å². The molecule has 0 spiro atoms. The maximum absolute atomic E-state index is 10.6. The topological polar surface area (TPSA) is 154 Å². The molecule has 1 aromatic carbocycles. The Balaban J connectivity index is 3.08. The highest BCUT2D eigenvalue weighted by Crippen LogP contribution is 2.26. The highest BCUT2D eigenvalue weighted by atomic mass is 16.6. The third kappa shape index (κ3) is 3.23. The SMILES string of the molecule is NC(=O)NN=Cc1ccc([N+](=O)[O-])c([N+](=O)[O-])c1. The molecule has 0 bridgehead atoms. The van der Waals surface area contributed by atoms with Crippen LogP contribution in [0.25, 0.3) is 0 Å². The van der Waals surface area contributed by atoms with Gasteiger partial charge >= 0.3 is 17.4 Å². The zero-order valence-corrected chi connectivity index (χ0v) is 8.77. The van der Waals surface area contributed by atoms with Gasteiger partial charge in [0.15, 0.2) is 0 Å². The Morgan fingerprint density at radius 1 is 1.28 bits per heavy atom. The van der Waals surface area contributed by atoms with Gasteiger partial charge in [-0.05, 0) is 6.07 Å². The lowest BCUT2D eigenvalue weighted by Crippen LogP contribution is -2.24. The molecular formula is C8H7N5O5. The first kappa shape index (κ1) is 13.0. The summed E-state index contributed by atoms with van der Waals surface area (Å²) in [6, 6.07) is 2.29. The van der Waals surface area contributed by atoms with Gasteiger partial charge in [0.05, 0.1) is 16.1 Å². The fourth-order valence-electron chi connectivity index (χ4n) is 1.09. The first-order chi connectivity index (χ1) is 8.41. The van der Waals surface area contributed by atoms with Gasteiger partial charge in [0.2, 0.25) is 0 Å². The van der Waals surface area contributed by atoms with E-state index in [1.807, 2.05) is 5.43 Å². The van der Waals surface area contributed by atoms with Crippen molar-refractivity contribution in [2.45, 2.75) is 0 Å². The second-order valence-electron chi connectivity index (χ2n) is 3.00. The summed E-state index contributed by atoms with van der Waals surface area (Å²) in [6.45, 7) is 0. The quantitative estimate of drug-likeness (QED) is 0.454. The van der Waals surface area contributed by atoms with Crippen LogP contribution >= 0.6 is 0 Å². The van der Waals surface area contributed by atoms with E-state index in [0.29, 0.717) is 0 Å². The molecule has 0 fully saturated rings. The highest BCUT2D eigenvalue weighted by molar-refractivity contribution is 5.83. The number of primary amides is 1. The standard InChI is InChI=1S/C8H7N5O5/c9-8(14)11-10-4-5-1-2-6(12(15)16)7(3-5)13(17)18/h1-4H,(H3,9,11,14). The number of rotatable bonds is 4. The van der Waals surface area contributed by atoms with Crippen LogP contribution in [0.3, 0.4) is 0 Å². The summed E-state index contributed by atoms with van der Waals surface area (Å²) >= 11 is 0. The molecule has 0 saturated heterocycles. The van der Waals surface area contributed by atoms with Gasteiger partial charge in [0, 0.05) is 17.7 Å². The van der Waals surface area contributed by atoms with Crippen LogP contribution in [0.5, 0.6) is 0 Å². The van der Waals surface area contributed by atoms with E-state index in [4.69, 9.17) is 5.73 Å². The molecule has 10 nitrogen and oxygen atoms in total. The van der Waals surface area contributed by atoms with Crippen LogP contribution < -0.4 is 11.2 Å². The minimum atomic E-state index is -0.900. The minimum absolute atomic E-state index is 0.209. The fraction of sp³-hybridized carbons (Fsp3) is 0. The molecular weight excluding hydrogens is 246 g/mol. The lowest BCUT2D eigenvalue weighted by Gasteiger charge is -1.96. The summed E-state index contributed by atoms with van der Waals surface area (Å²) in [6.07, 6.45) is 1.07. The van der Waals surface area contributed by atoms with E-state index >= 15 is 0 Å². The molecule has 10 heteroatoms. The third-order valence-corrected chi connectivity index (χ3v) is 1.78. The Labute approximate surface area is 99.4 Å². The smallest absolute Gasteiger partial charge is 0.346 e. The molecule has 2 amide bonds. The van der Waals surface area contributed by atoms with Gasteiger partial charge in [-0.25, -0.2) is 10.2 Å². The number of carbonyl (C=O) groups is 1. The number of nitrogens with zero attached hydrogens (tertiary/aromatic N) is 3. The molecule has 0 aliphatic heterocycles. The van der Waals surface area contributed by atoms with Crippen LogP contribution in [-0.2, 0) is 0 Å². The number of nitro benzene ring substituents is 2. The first-order valence-corrected chi connectivity index (χ1v) is 4.43. The molecule has 3 N–H and O–H groups in total. The van der Waals surface area contributed by atoms with Gasteiger partial charge in [-0.2, -0.15) is 5.10 Å². The van der Waals surface area contributed by atoms with Gasteiger partial charge in [-0.3, -0.25) is 20.2 Å². The molecule has 1 rings (SSSR count). The molecule has 18 heavy (non-hydrogen) atoms. The number of urea groups is 1. The van der Waals surface area contributed by atoms with Gasteiger partial charge in [0.25, 0.3) is 0 Å². The third-order valence-electron chi connectivity index (χ3n) is 1.78. The summed E-state index contributed by atoms with van der Waals surface area (Å²) in [4.78, 5) is 29.7. The minimum Gasteiger partial charge on any atom is -0.350 e. The normalized spacial score (nSPS) is 10.2. The Kier molecular flexibility index (Phi) is 3.86. The van der Waals surface area contributed by atoms with Crippen LogP contribution in [0, 0.1) is 20.2 Å². The van der Waals surface area contributed by atoms with E-state index in [2.05, 4.69) is 5.10 Å². The number of nitro groups is 2. The number of hydrogen-bond acceptors (Lipinski definition) is 6. The summed E-state index contributed by atoms with van der Waals surface area (Å²) in [5, 5.41) is 24.5. The molecule has 0 saturated carbocycles. The number of amides is 2. The molecule has 0 unspecified atom stereocenters. The van der Waals surface area contributed by atoms with Crippen molar-refractivity contribution in [2.24, 2.45) is 10.8 Å². The van der Waals surface area contributed by atoms with Crippen molar-refractivity contribution >= 4 is 23.6 Å². The van der Waals surface area contributed by atoms with E-state index in [9.17, 15) is 25.0 Å². The number of nitrogens with two attached hydrogens (primary N) is 1. The van der Waals surface area contributed by atoms with Crippen molar-refractivity contribution in [2.75, 3.05) is 0 Å². The van der Waals surface area contributed by atoms with Crippen molar-refractivity contribution in [1.29, 1.82) is 0 Å². The average Bonchev–Trinajstić information content (AvgIpc) is 2.28. The number of benzene rings is 1. The molecule has 94 valence electrons. The molecule has 0 heterocycles. The predicted octanol–water partition coefficient (Wildman–Crippen LogP) is 0.505. The second kappa shape index (κ2) is 5.34.